The number of benzene rings is 1. The van der Waals surface area contributed by atoms with Crippen LogP contribution in [0.15, 0.2) is 30.5 Å². The van der Waals surface area contributed by atoms with Crippen molar-refractivity contribution in [2.24, 2.45) is 0 Å². The molecule has 0 spiro atoms. The van der Waals surface area contributed by atoms with Crippen LogP contribution >= 0.6 is 0 Å². The van der Waals surface area contributed by atoms with E-state index in [-0.39, 0.29) is 0 Å². The molecule has 2 aromatic rings. The second-order valence-corrected chi connectivity index (χ2v) is 4.68. The van der Waals surface area contributed by atoms with Crippen LogP contribution in [-0.2, 0) is 4.74 Å². The van der Waals surface area contributed by atoms with Crippen LogP contribution in [-0.4, -0.2) is 36.5 Å². The number of hydrogen-bond donors (Lipinski definition) is 0. The summed E-state index contributed by atoms with van der Waals surface area (Å²) in [5.41, 5.74) is 0. The fraction of sp³-hybridized carbons (Fsp3) is 0.429. The molecule has 1 aromatic heterocycles. The summed E-state index contributed by atoms with van der Waals surface area (Å²) in [6.45, 7) is 1.97. The van der Waals surface area contributed by atoms with E-state index in [1.54, 1.807) is 7.11 Å². The zero-order valence-corrected chi connectivity index (χ0v) is 10.5. The second kappa shape index (κ2) is 4.90. The first kappa shape index (κ1) is 11.4. The monoisotopic (exact) mass is 243 g/mol. The fourth-order valence-corrected chi connectivity index (χ4v) is 2.55. The fourth-order valence-electron chi connectivity index (χ4n) is 2.55. The van der Waals surface area contributed by atoms with Crippen molar-refractivity contribution in [1.82, 2.24) is 10.2 Å². The van der Waals surface area contributed by atoms with Gasteiger partial charge in [0.2, 0.25) is 0 Å². The summed E-state index contributed by atoms with van der Waals surface area (Å²) < 4.78 is 5.40. The lowest BCUT2D eigenvalue weighted by Gasteiger charge is -2.32. The predicted octanol–water partition coefficient (Wildman–Crippen LogP) is 2.25. The molecule has 94 valence electrons. The van der Waals surface area contributed by atoms with Crippen molar-refractivity contribution in [1.29, 1.82) is 0 Å². The quantitative estimate of drug-likeness (QED) is 0.811. The largest absolute Gasteiger partial charge is 0.381 e. The number of methoxy groups -OCH3 is 1. The minimum atomic E-state index is 0.393. The number of ether oxygens (including phenoxy) is 1. The zero-order valence-electron chi connectivity index (χ0n) is 10.5. The van der Waals surface area contributed by atoms with Crippen molar-refractivity contribution in [3.63, 3.8) is 0 Å². The van der Waals surface area contributed by atoms with Crippen molar-refractivity contribution in [2.75, 3.05) is 25.1 Å². The molecule has 4 nitrogen and oxygen atoms in total. The molecule has 0 amide bonds. The summed E-state index contributed by atoms with van der Waals surface area (Å²) in [7, 11) is 1.79. The first-order chi connectivity index (χ1) is 8.88. The maximum absolute atomic E-state index is 5.40. The van der Waals surface area contributed by atoms with E-state index >= 15 is 0 Å². The van der Waals surface area contributed by atoms with Crippen LogP contribution in [0.5, 0.6) is 0 Å². The minimum absolute atomic E-state index is 0.393. The lowest BCUT2D eigenvalue weighted by atomic mass is 10.1. The minimum Gasteiger partial charge on any atom is -0.381 e. The standard InChI is InChI=1S/C14H17N3O/c1-18-12-6-8-17(9-7-12)14-13-5-3-2-4-11(13)10-15-16-14/h2-5,10,12H,6-9H2,1H3. The number of aromatic nitrogens is 2. The van der Waals surface area contributed by atoms with Crippen molar-refractivity contribution < 1.29 is 4.74 Å². The van der Waals surface area contributed by atoms with E-state index in [4.69, 9.17) is 4.74 Å². The average Bonchev–Trinajstić information content (AvgIpc) is 2.47. The molecule has 1 fully saturated rings. The molecule has 0 saturated carbocycles. The van der Waals surface area contributed by atoms with Gasteiger partial charge in [0.25, 0.3) is 0 Å². The van der Waals surface area contributed by atoms with Crippen LogP contribution in [0, 0.1) is 0 Å². The van der Waals surface area contributed by atoms with Gasteiger partial charge in [-0.25, -0.2) is 0 Å². The number of fused-ring (bicyclic) bond motifs is 1. The van der Waals surface area contributed by atoms with E-state index < -0.39 is 0 Å². The maximum atomic E-state index is 5.40. The summed E-state index contributed by atoms with van der Waals surface area (Å²) in [6.07, 6.45) is 4.33. The molecule has 3 rings (SSSR count). The summed E-state index contributed by atoms with van der Waals surface area (Å²) in [6, 6.07) is 8.28. The first-order valence-electron chi connectivity index (χ1n) is 6.36. The van der Waals surface area contributed by atoms with Gasteiger partial charge in [-0.3, -0.25) is 0 Å². The number of hydrogen-bond acceptors (Lipinski definition) is 4. The number of rotatable bonds is 2. The van der Waals surface area contributed by atoms with Crippen molar-refractivity contribution in [3.05, 3.63) is 30.5 Å². The highest BCUT2D eigenvalue weighted by Crippen LogP contribution is 2.26. The van der Waals surface area contributed by atoms with E-state index in [1.165, 1.54) is 5.39 Å². The van der Waals surface area contributed by atoms with Gasteiger partial charge in [0.1, 0.15) is 0 Å². The van der Waals surface area contributed by atoms with Crippen LogP contribution in [0.3, 0.4) is 0 Å². The highest BCUT2D eigenvalue weighted by molar-refractivity contribution is 5.91. The molecular formula is C14H17N3O. The molecule has 0 unspecified atom stereocenters. The third kappa shape index (κ3) is 2.04. The number of piperidine rings is 1. The van der Waals surface area contributed by atoms with Crippen LogP contribution in [0.2, 0.25) is 0 Å². The molecular weight excluding hydrogens is 226 g/mol. The molecule has 0 radical (unpaired) electrons. The van der Waals surface area contributed by atoms with E-state index in [0.717, 1.165) is 37.1 Å². The van der Waals surface area contributed by atoms with Gasteiger partial charge in [-0.1, -0.05) is 24.3 Å². The molecule has 1 aliphatic rings. The summed E-state index contributed by atoms with van der Waals surface area (Å²) >= 11 is 0. The molecule has 4 heteroatoms. The Kier molecular flexibility index (Phi) is 3.11. The van der Waals surface area contributed by atoms with Gasteiger partial charge in [-0.15, -0.1) is 5.10 Å². The smallest absolute Gasteiger partial charge is 0.159 e. The van der Waals surface area contributed by atoms with E-state index in [0.29, 0.717) is 6.10 Å². The number of nitrogens with zero attached hydrogens (tertiary/aromatic N) is 3. The van der Waals surface area contributed by atoms with Crippen molar-refractivity contribution in [3.8, 4) is 0 Å². The van der Waals surface area contributed by atoms with Gasteiger partial charge in [0.15, 0.2) is 5.82 Å². The van der Waals surface area contributed by atoms with Gasteiger partial charge in [0.05, 0.1) is 12.3 Å². The molecule has 1 aliphatic heterocycles. The summed E-state index contributed by atoms with van der Waals surface area (Å²) in [5.74, 6) is 1.00. The molecule has 0 bridgehead atoms. The molecule has 0 N–H and O–H groups in total. The first-order valence-corrected chi connectivity index (χ1v) is 6.36. The van der Waals surface area contributed by atoms with Gasteiger partial charge in [0, 0.05) is 31.0 Å². The lowest BCUT2D eigenvalue weighted by molar-refractivity contribution is 0.0818. The third-order valence-corrected chi connectivity index (χ3v) is 3.63. The molecule has 0 aliphatic carbocycles. The van der Waals surface area contributed by atoms with Crippen molar-refractivity contribution in [2.45, 2.75) is 18.9 Å². The van der Waals surface area contributed by atoms with E-state index in [2.05, 4.69) is 33.3 Å². The number of anilines is 1. The Balaban J connectivity index is 1.91. The highest BCUT2D eigenvalue weighted by Gasteiger charge is 2.21. The summed E-state index contributed by atoms with van der Waals surface area (Å²) in [5, 5.41) is 10.8. The maximum Gasteiger partial charge on any atom is 0.159 e. The second-order valence-electron chi connectivity index (χ2n) is 4.68. The van der Waals surface area contributed by atoms with Gasteiger partial charge < -0.3 is 9.64 Å². The zero-order chi connectivity index (χ0) is 12.4. The molecule has 1 saturated heterocycles. The van der Waals surface area contributed by atoms with E-state index in [9.17, 15) is 0 Å². The molecule has 18 heavy (non-hydrogen) atoms. The van der Waals surface area contributed by atoms with Gasteiger partial charge >= 0.3 is 0 Å². The normalized spacial score (nSPS) is 17.3. The summed E-state index contributed by atoms with van der Waals surface area (Å²) in [4.78, 5) is 2.31. The Hall–Kier alpha value is -1.68. The molecule has 1 aromatic carbocycles. The topological polar surface area (TPSA) is 38.2 Å². The van der Waals surface area contributed by atoms with Crippen LogP contribution in [0.4, 0.5) is 5.82 Å². The predicted molar refractivity (Wildman–Crippen MR) is 71.8 cm³/mol. The van der Waals surface area contributed by atoms with Crippen LogP contribution in [0.25, 0.3) is 10.8 Å². The Labute approximate surface area is 107 Å². The Morgan fingerprint density at radius 2 is 2.00 bits per heavy atom. The molecule has 0 atom stereocenters. The molecule has 2 heterocycles. The van der Waals surface area contributed by atoms with Gasteiger partial charge in [-0.2, -0.15) is 5.10 Å². The third-order valence-electron chi connectivity index (χ3n) is 3.63. The van der Waals surface area contributed by atoms with Crippen molar-refractivity contribution >= 4 is 16.6 Å². The van der Waals surface area contributed by atoms with Crippen LogP contribution in [0.1, 0.15) is 12.8 Å². The lowest BCUT2D eigenvalue weighted by Crippen LogP contribution is -2.37. The average molecular weight is 243 g/mol. The Bertz CT molecular complexity index is 530. The highest BCUT2D eigenvalue weighted by atomic mass is 16.5. The Morgan fingerprint density at radius 3 is 2.78 bits per heavy atom. The van der Waals surface area contributed by atoms with E-state index in [1.807, 2.05) is 12.3 Å². The Morgan fingerprint density at radius 1 is 1.22 bits per heavy atom. The van der Waals surface area contributed by atoms with Gasteiger partial charge in [-0.05, 0) is 12.8 Å². The van der Waals surface area contributed by atoms with Crippen LogP contribution < -0.4 is 4.90 Å². The SMILES string of the molecule is COC1CCN(c2nncc3ccccc23)CC1.